The lowest BCUT2D eigenvalue weighted by Crippen LogP contribution is -2.46. The Labute approximate surface area is 414 Å². The number of ether oxygens (including phenoxy) is 3. The van der Waals surface area contributed by atoms with E-state index < -0.39 is 16.8 Å². The van der Waals surface area contributed by atoms with E-state index in [1.807, 2.05) is 66.8 Å². The fourth-order valence-electron chi connectivity index (χ4n) is 9.21. The van der Waals surface area contributed by atoms with Crippen LogP contribution in [0.3, 0.4) is 0 Å². The van der Waals surface area contributed by atoms with Gasteiger partial charge in [-0.3, -0.25) is 19.2 Å². The summed E-state index contributed by atoms with van der Waals surface area (Å²) in [6.07, 6.45) is 8.14. The summed E-state index contributed by atoms with van der Waals surface area (Å²) in [5, 5.41) is 14.2. The number of rotatable bonds is 21. The fourth-order valence-corrected chi connectivity index (χ4v) is 12.9. The number of thioether (sulfide) groups is 2. The van der Waals surface area contributed by atoms with E-state index in [0.29, 0.717) is 75.2 Å². The number of hydrogen-bond donors (Lipinski definition) is 1. The smallest absolute Gasteiger partial charge is 0.312 e. The van der Waals surface area contributed by atoms with Crippen molar-refractivity contribution in [2.45, 2.75) is 79.8 Å². The third-order valence-corrected chi connectivity index (χ3v) is 17.5. The first-order valence-corrected chi connectivity index (χ1v) is 27.0. The van der Waals surface area contributed by atoms with E-state index in [1.54, 1.807) is 46.0 Å². The highest BCUT2D eigenvalue weighted by atomic mass is 32.2. The van der Waals surface area contributed by atoms with Crippen molar-refractivity contribution in [2.75, 3.05) is 71.6 Å². The maximum absolute atomic E-state index is 13.1. The van der Waals surface area contributed by atoms with Gasteiger partial charge in [-0.1, -0.05) is 12.1 Å². The first kappa shape index (κ1) is 51.1. The number of aryl methyl sites for hydroxylation is 2. The highest BCUT2D eigenvalue weighted by Gasteiger charge is 2.43. The molecule has 2 aliphatic heterocycles. The molecule has 2 aromatic carbocycles. The number of thiophene rings is 2. The Morgan fingerprint density at radius 1 is 0.676 bits per heavy atom. The van der Waals surface area contributed by atoms with Crippen molar-refractivity contribution in [2.24, 2.45) is 10.8 Å². The summed E-state index contributed by atoms with van der Waals surface area (Å²) >= 11 is 7.28. The molecule has 0 radical (unpaired) electrons. The van der Waals surface area contributed by atoms with E-state index in [2.05, 4.69) is 54.8 Å². The summed E-state index contributed by atoms with van der Waals surface area (Å²) in [5.41, 5.74) is 1.40. The van der Waals surface area contributed by atoms with Gasteiger partial charge in [-0.15, -0.1) is 46.2 Å². The number of aromatic nitrogens is 4. The minimum atomic E-state index is -0.721. The molecule has 364 valence electrons. The number of carboxylic acids is 1. The van der Waals surface area contributed by atoms with Crippen LogP contribution in [-0.4, -0.2) is 118 Å². The molecule has 6 heterocycles. The van der Waals surface area contributed by atoms with Gasteiger partial charge in [-0.05, 0) is 132 Å². The number of carbonyl (C=O) groups excluding carboxylic acids is 1. The minimum absolute atomic E-state index is 0.0961. The second kappa shape index (κ2) is 24.7. The molecule has 0 aliphatic carbocycles. The molecule has 2 fully saturated rings. The number of methoxy groups -OCH3 is 2. The number of nitrogens with zero attached hydrogens (tertiary/aromatic N) is 6. The second-order valence-corrected chi connectivity index (χ2v) is 21.9. The molecule has 0 amide bonds. The molecule has 0 saturated carbocycles. The molecular formula is C50H62N6O8S4. The Balaban J connectivity index is 0.000000202. The van der Waals surface area contributed by atoms with Gasteiger partial charge in [0, 0.05) is 49.8 Å². The van der Waals surface area contributed by atoms with Crippen LogP contribution >= 0.6 is 46.2 Å². The van der Waals surface area contributed by atoms with Gasteiger partial charge in [0.25, 0.3) is 11.1 Å². The van der Waals surface area contributed by atoms with E-state index in [9.17, 15) is 24.3 Å². The zero-order valence-corrected chi connectivity index (χ0v) is 42.4. The van der Waals surface area contributed by atoms with Crippen molar-refractivity contribution < 1.29 is 28.9 Å². The highest BCUT2D eigenvalue weighted by Crippen LogP contribution is 2.39. The van der Waals surface area contributed by atoms with Crippen LogP contribution in [0.25, 0.3) is 22.1 Å². The number of hydrogen-bond acceptors (Lipinski definition) is 15. The topological polar surface area (TPSA) is 158 Å². The van der Waals surface area contributed by atoms with Crippen molar-refractivity contribution in [3.05, 3.63) is 105 Å². The molecule has 0 bridgehead atoms. The van der Waals surface area contributed by atoms with E-state index in [1.165, 1.54) is 20.8 Å². The molecule has 2 aliphatic rings. The highest BCUT2D eigenvalue weighted by molar-refractivity contribution is 8.01. The SMILES string of the molecule is CCOC(=O)C1(CCCn2c(=O)cnc3ccc(OC)cc32)CCN(CCSc2cccs2)CC1.COc1ccc2ncc(=O)n(CCCC3(C(=O)O)CCN(CCSc4cccs4)CC3)c2c1. The minimum Gasteiger partial charge on any atom is -0.497 e. The number of esters is 1. The fraction of sp³-hybridized carbons (Fsp3) is 0.480. The van der Waals surface area contributed by atoms with E-state index >= 15 is 0 Å². The van der Waals surface area contributed by atoms with Gasteiger partial charge in [0.05, 0.1) is 74.5 Å². The average Bonchev–Trinajstić information content (AvgIpc) is 4.09. The summed E-state index contributed by atoms with van der Waals surface area (Å²) in [7, 11) is 3.19. The van der Waals surface area contributed by atoms with Crippen LogP contribution in [-0.2, 0) is 27.4 Å². The Bertz CT molecular complexity index is 2680. The van der Waals surface area contributed by atoms with Crippen molar-refractivity contribution in [1.82, 2.24) is 28.9 Å². The van der Waals surface area contributed by atoms with Crippen molar-refractivity contribution >= 4 is 80.2 Å². The lowest BCUT2D eigenvalue weighted by atomic mass is 9.74. The van der Waals surface area contributed by atoms with Gasteiger partial charge >= 0.3 is 11.9 Å². The predicted octanol–water partition coefficient (Wildman–Crippen LogP) is 8.89. The maximum Gasteiger partial charge on any atom is 0.312 e. The maximum atomic E-state index is 13.1. The summed E-state index contributed by atoms with van der Waals surface area (Å²) in [5.74, 6) is 2.60. The zero-order chi connectivity index (χ0) is 47.9. The average molecular weight is 1000 g/mol. The number of piperidine rings is 2. The van der Waals surface area contributed by atoms with Gasteiger partial charge in [0.1, 0.15) is 11.5 Å². The number of likely N-dealkylation sites (tertiary alicyclic amines) is 2. The van der Waals surface area contributed by atoms with Gasteiger partial charge in [-0.2, -0.15) is 0 Å². The lowest BCUT2D eigenvalue weighted by Gasteiger charge is -2.40. The van der Waals surface area contributed by atoms with E-state index in [0.717, 1.165) is 80.2 Å². The summed E-state index contributed by atoms with van der Waals surface area (Å²) < 4.78 is 22.2. The van der Waals surface area contributed by atoms with Crippen LogP contribution in [0.15, 0.2) is 102 Å². The van der Waals surface area contributed by atoms with Crippen LogP contribution in [0.4, 0.5) is 0 Å². The number of carbonyl (C=O) groups is 2. The largest absolute Gasteiger partial charge is 0.497 e. The molecule has 18 heteroatoms. The van der Waals surface area contributed by atoms with Crippen molar-refractivity contribution in [3.63, 3.8) is 0 Å². The van der Waals surface area contributed by atoms with Crippen LogP contribution in [0.1, 0.15) is 58.3 Å². The molecule has 2 saturated heterocycles. The molecule has 0 atom stereocenters. The Kier molecular flexibility index (Phi) is 18.6. The number of fused-ring (bicyclic) bond motifs is 2. The molecule has 68 heavy (non-hydrogen) atoms. The number of carboxylic acid groups (broad SMARTS) is 1. The molecule has 0 unspecified atom stereocenters. The van der Waals surface area contributed by atoms with Crippen LogP contribution in [0.5, 0.6) is 11.5 Å². The molecular weight excluding hydrogens is 941 g/mol. The summed E-state index contributed by atoms with van der Waals surface area (Å²) in [6.45, 7) is 8.58. The molecule has 14 nitrogen and oxygen atoms in total. The Morgan fingerprint density at radius 3 is 1.54 bits per heavy atom. The molecule has 1 N–H and O–H groups in total. The normalized spacial score (nSPS) is 16.0. The monoisotopic (exact) mass is 1000 g/mol. The van der Waals surface area contributed by atoms with Crippen molar-refractivity contribution in [1.29, 1.82) is 0 Å². The van der Waals surface area contributed by atoms with E-state index in [4.69, 9.17) is 14.2 Å². The second-order valence-electron chi connectivity index (χ2n) is 17.2. The van der Waals surface area contributed by atoms with Gasteiger partial charge in [0.2, 0.25) is 0 Å². The predicted molar refractivity (Wildman–Crippen MR) is 274 cm³/mol. The first-order chi connectivity index (χ1) is 33.0. The van der Waals surface area contributed by atoms with Gasteiger partial charge < -0.3 is 38.3 Å². The first-order valence-electron chi connectivity index (χ1n) is 23.3. The number of benzene rings is 2. The van der Waals surface area contributed by atoms with E-state index in [-0.39, 0.29) is 17.1 Å². The molecule has 4 aromatic heterocycles. The summed E-state index contributed by atoms with van der Waals surface area (Å²) in [4.78, 5) is 63.7. The number of aliphatic carboxylic acids is 1. The summed E-state index contributed by atoms with van der Waals surface area (Å²) in [6, 6.07) is 19.4. The van der Waals surface area contributed by atoms with Crippen molar-refractivity contribution in [3.8, 4) is 11.5 Å². The van der Waals surface area contributed by atoms with Crippen LogP contribution in [0.2, 0.25) is 0 Å². The third kappa shape index (κ3) is 13.1. The molecule has 8 rings (SSSR count). The van der Waals surface area contributed by atoms with Crippen LogP contribution in [0, 0.1) is 10.8 Å². The Hall–Kier alpha value is -4.72. The molecule has 6 aromatic rings. The van der Waals surface area contributed by atoms with Gasteiger partial charge in [0.15, 0.2) is 0 Å². The molecule has 0 spiro atoms. The standard InChI is InChI=1S/C26H33N3O4S2.C24H29N3O4S2/c1-3-33-25(31)26(10-13-28(14-11-26)15-17-35-24-6-4-16-34-24)9-5-12-29-22-18-20(32-2)7-8-21(22)27-19-23(29)30;1-31-18-5-6-19-20(16-18)27(21(28)17-25-19)10-3-7-24(23(29)30)8-11-26(12-9-24)13-15-33-22-4-2-14-32-22/h4,6-8,16,18-19H,3,5,9-15,17H2,1-2H3;2,4-6,14,16-17H,3,7-13,15H2,1H3,(H,29,30). The van der Waals surface area contributed by atoms with Crippen LogP contribution < -0.4 is 20.6 Å². The third-order valence-electron chi connectivity index (χ3n) is 13.3. The van der Waals surface area contributed by atoms with Gasteiger partial charge in [-0.25, -0.2) is 9.97 Å². The quantitative estimate of drug-likeness (QED) is 0.0538. The zero-order valence-electron chi connectivity index (χ0n) is 39.1. The Morgan fingerprint density at radius 2 is 1.13 bits per heavy atom. The lowest BCUT2D eigenvalue weighted by molar-refractivity contribution is -0.159.